The summed E-state index contributed by atoms with van der Waals surface area (Å²) < 4.78 is 11.5. The van der Waals surface area contributed by atoms with Crippen LogP contribution in [0, 0.1) is 5.41 Å². The van der Waals surface area contributed by atoms with E-state index in [1.165, 1.54) is 25.7 Å². The van der Waals surface area contributed by atoms with Gasteiger partial charge < -0.3 is 14.6 Å². The van der Waals surface area contributed by atoms with Gasteiger partial charge in [-0.05, 0) is 26.7 Å². The fourth-order valence-corrected chi connectivity index (χ4v) is 3.56. The van der Waals surface area contributed by atoms with Crippen LogP contribution in [0.25, 0.3) is 0 Å². The highest BCUT2D eigenvalue weighted by atomic mass is 16.5. The number of hydrogen-bond donors (Lipinski definition) is 1. The maximum absolute atomic E-state index is 10.2. The Kier molecular flexibility index (Phi) is 5.05. The van der Waals surface area contributed by atoms with Crippen molar-refractivity contribution in [1.82, 2.24) is 0 Å². The molecule has 3 nitrogen and oxygen atoms in total. The van der Waals surface area contributed by atoms with Crippen molar-refractivity contribution in [2.45, 2.75) is 77.1 Å². The van der Waals surface area contributed by atoms with Crippen molar-refractivity contribution in [3.63, 3.8) is 0 Å². The SMILES string of the molecule is CCOCC(C)OC1CC(O)C12CCCCCC2. The van der Waals surface area contributed by atoms with Crippen LogP contribution in [0.15, 0.2) is 0 Å². The zero-order chi connectivity index (χ0) is 13.0. The lowest BCUT2D eigenvalue weighted by Crippen LogP contribution is -2.58. The van der Waals surface area contributed by atoms with Gasteiger partial charge in [-0.1, -0.05) is 25.7 Å². The van der Waals surface area contributed by atoms with Crippen LogP contribution in [0.3, 0.4) is 0 Å². The molecule has 0 aliphatic heterocycles. The quantitative estimate of drug-likeness (QED) is 0.822. The molecule has 3 atom stereocenters. The minimum atomic E-state index is -0.139. The first kappa shape index (κ1) is 14.3. The molecule has 106 valence electrons. The molecule has 0 amide bonds. The number of aliphatic hydroxyl groups is 1. The second-order valence-corrected chi connectivity index (χ2v) is 5.99. The van der Waals surface area contributed by atoms with Gasteiger partial charge in [0.15, 0.2) is 0 Å². The van der Waals surface area contributed by atoms with E-state index in [9.17, 15) is 5.11 Å². The summed E-state index contributed by atoms with van der Waals surface area (Å²) >= 11 is 0. The molecule has 3 heteroatoms. The van der Waals surface area contributed by atoms with Crippen LogP contribution < -0.4 is 0 Å². The van der Waals surface area contributed by atoms with Crippen molar-refractivity contribution < 1.29 is 14.6 Å². The smallest absolute Gasteiger partial charge is 0.0784 e. The molecule has 1 spiro atoms. The highest BCUT2D eigenvalue weighted by Crippen LogP contribution is 2.52. The van der Waals surface area contributed by atoms with Gasteiger partial charge in [-0.25, -0.2) is 0 Å². The second-order valence-electron chi connectivity index (χ2n) is 5.99. The molecule has 2 saturated carbocycles. The minimum Gasteiger partial charge on any atom is -0.392 e. The molecule has 0 radical (unpaired) electrons. The summed E-state index contributed by atoms with van der Waals surface area (Å²) in [5, 5.41) is 10.2. The first-order chi connectivity index (χ1) is 8.69. The molecule has 0 aromatic carbocycles. The molecule has 0 aromatic heterocycles. The Morgan fingerprint density at radius 1 is 1.22 bits per heavy atom. The summed E-state index contributed by atoms with van der Waals surface area (Å²) in [5.74, 6) is 0. The molecule has 0 aromatic rings. The molecule has 2 rings (SSSR count). The molecule has 18 heavy (non-hydrogen) atoms. The molecule has 2 aliphatic rings. The third-order valence-electron chi connectivity index (χ3n) is 4.73. The van der Waals surface area contributed by atoms with E-state index in [0.717, 1.165) is 25.9 Å². The number of rotatable bonds is 5. The lowest BCUT2D eigenvalue weighted by atomic mass is 9.59. The molecular formula is C15H28O3. The van der Waals surface area contributed by atoms with Gasteiger partial charge in [-0.3, -0.25) is 0 Å². The first-order valence-electron chi connectivity index (χ1n) is 7.60. The third kappa shape index (κ3) is 2.89. The lowest BCUT2D eigenvalue weighted by molar-refractivity contribution is -0.219. The molecule has 1 N–H and O–H groups in total. The van der Waals surface area contributed by atoms with Gasteiger partial charge >= 0.3 is 0 Å². The van der Waals surface area contributed by atoms with E-state index in [4.69, 9.17) is 9.47 Å². The van der Waals surface area contributed by atoms with Gasteiger partial charge in [0.1, 0.15) is 0 Å². The molecule has 2 fully saturated rings. The van der Waals surface area contributed by atoms with Crippen LogP contribution in [0.1, 0.15) is 58.8 Å². The average Bonchev–Trinajstić information content (AvgIpc) is 2.63. The molecule has 0 saturated heterocycles. The van der Waals surface area contributed by atoms with E-state index in [2.05, 4.69) is 6.92 Å². The molecule has 3 unspecified atom stereocenters. The van der Waals surface area contributed by atoms with Crippen LogP contribution in [-0.4, -0.2) is 36.6 Å². The highest BCUT2D eigenvalue weighted by molar-refractivity contribution is 5.04. The summed E-state index contributed by atoms with van der Waals surface area (Å²) in [7, 11) is 0. The monoisotopic (exact) mass is 256 g/mol. The van der Waals surface area contributed by atoms with Crippen LogP contribution >= 0.6 is 0 Å². The van der Waals surface area contributed by atoms with Crippen molar-refractivity contribution in [3.05, 3.63) is 0 Å². The summed E-state index contributed by atoms with van der Waals surface area (Å²) in [6.07, 6.45) is 8.47. The Hall–Kier alpha value is -0.120. The minimum absolute atomic E-state index is 0.0664. The maximum Gasteiger partial charge on any atom is 0.0784 e. The lowest BCUT2D eigenvalue weighted by Gasteiger charge is -2.54. The van der Waals surface area contributed by atoms with E-state index in [1.807, 2.05) is 6.92 Å². The summed E-state index contributed by atoms with van der Waals surface area (Å²) in [6, 6.07) is 0. The molecular weight excluding hydrogens is 228 g/mol. The van der Waals surface area contributed by atoms with Crippen molar-refractivity contribution >= 4 is 0 Å². The van der Waals surface area contributed by atoms with Gasteiger partial charge in [0.2, 0.25) is 0 Å². The number of ether oxygens (including phenoxy) is 2. The highest BCUT2D eigenvalue weighted by Gasteiger charge is 2.54. The summed E-state index contributed by atoms with van der Waals surface area (Å²) in [5.41, 5.74) is 0.0664. The fraction of sp³-hybridized carbons (Fsp3) is 1.00. The topological polar surface area (TPSA) is 38.7 Å². The molecule has 2 aliphatic carbocycles. The first-order valence-corrected chi connectivity index (χ1v) is 7.60. The van der Waals surface area contributed by atoms with Crippen LogP contribution in [0.5, 0.6) is 0 Å². The number of hydrogen-bond acceptors (Lipinski definition) is 3. The predicted molar refractivity (Wildman–Crippen MR) is 71.6 cm³/mol. The van der Waals surface area contributed by atoms with Gasteiger partial charge in [-0.15, -0.1) is 0 Å². The average molecular weight is 256 g/mol. The Morgan fingerprint density at radius 2 is 1.89 bits per heavy atom. The van der Waals surface area contributed by atoms with Crippen molar-refractivity contribution in [3.8, 4) is 0 Å². The summed E-state index contributed by atoms with van der Waals surface area (Å²) in [4.78, 5) is 0. The van der Waals surface area contributed by atoms with E-state index < -0.39 is 0 Å². The zero-order valence-corrected chi connectivity index (χ0v) is 11.9. The van der Waals surface area contributed by atoms with Crippen LogP contribution in [-0.2, 0) is 9.47 Å². The normalized spacial score (nSPS) is 32.8. The maximum atomic E-state index is 10.2. The number of aliphatic hydroxyl groups excluding tert-OH is 1. The van der Waals surface area contributed by atoms with E-state index in [-0.39, 0.29) is 23.7 Å². The van der Waals surface area contributed by atoms with E-state index >= 15 is 0 Å². The van der Waals surface area contributed by atoms with Gasteiger partial charge in [-0.2, -0.15) is 0 Å². The second kappa shape index (κ2) is 6.36. The Morgan fingerprint density at radius 3 is 2.44 bits per heavy atom. The third-order valence-corrected chi connectivity index (χ3v) is 4.73. The Balaban J connectivity index is 1.88. The van der Waals surface area contributed by atoms with Gasteiger partial charge in [0.25, 0.3) is 0 Å². The zero-order valence-electron chi connectivity index (χ0n) is 11.9. The van der Waals surface area contributed by atoms with Gasteiger partial charge in [0, 0.05) is 18.4 Å². The van der Waals surface area contributed by atoms with Crippen molar-refractivity contribution in [1.29, 1.82) is 0 Å². The van der Waals surface area contributed by atoms with Gasteiger partial charge in [0.05, 0.1) is 24.9 Å². The molecule has 0 bridgehead atoms. The summed E-state index contributed by atoms with van der Waals surface area (Å²) in [6.45, 7) is 5.49. The molecule has 0 heterocycles. The largest absolute Gasteiger partial charge is 0.392 e. The predicted octanol–water partition coefficient (Wildman–Crippen LogP) is 2.90. The van der Waals surface area contributed by atoms with E-state index in [1.54, 1.807) is 0 Å². The Bertz CT molecular complexity index is 246. The fourth-order valence-electron chi connectivity index (χ4n) is 3.56. The van der Waals surface area contributed by atoms with E-state index in [0.29, 0.717) is 6.61 Å². The van der Waals surface area contributed by atoms with Crippen molar-refractivity contribution in [2.24, 2.45) is 5.41 Å². The standard InChI is InChI=1S/C15H28O3/c1-3-17-11-12(2)18-14-10-13(16)15(14)8-6-4-5-7-9-15/h12-14,16H,3-11H2,1-2H3. The Labute approximate surface area is 111 Å². The van der Waals surface area contributed by atoms with Crippen LogP contribution in [0.4, 0.5) is 0 Å². The van der Waals surface area contributed by atoms with Crippen molar-refractivity contribution in [2.75, 3.05) is 13.2 Å². The van der Waals surface area contributed by atoms with Crippen LogP contribution in [0.2, 0.25) is 0 Å².